The molecule has 1 aliphatic carbocycles. The molecule has 3 N–H and O–H groups in total. The van der Waals surface area contributed by atoms with Crippen molar-refractivity contribution in [3.63, 3.8) is 0 Å². The third-order valence-corrected chi connectivity index (χ3v) is 4.40. The summed E-state index contributed by atoms with van der Waals surface area (Å²) < 4.78 is 37.5. The molecule has 24 heavy (non-hydrogen) atoms. The number of benzene rings is 1. The van der Waals surface area contributed by atoms with Crippen molar-refractivity contribution in [1.29, 1.82) is 0 Å². The first-order valence-electron chi connectivity index (χ1n) is 7.97. The summed E-state index contributed by atoms with van der Waals surface area (Å²) in [6.45, 7) is 1.85. The lowest BCUT2D eigenvalue weighted by molar-refractivity contribution is -0.137. The molecule has 3 atom stereocenters. The largest absolute Gasteiger partial charge is 0.416 e. The van der Waals surface area contributed by atoms with Crippen LogP contribution in [0.5, 0.6) is 0 Å². The molecule has 136 valence electrons. The number of amides is 1. The number of carbonyl (C=O) groups excluding carboxylic acids is 1. The monoisotopic (exact) mass is 364 g/mol. The van der Waals surface area contributed by atoms with E-state index in [4.69, 9.17) is 5.73 Å². The van der Waals surface area contributed by atoms with Gasteiger partial charge in [0.05, 0.1) is 5.56 Å². The van der Waals surface area contributed by atoms with Gasteiger partial charge in [-0.1, -0.05) is 18.6 Å². The highest BCUT2D eigenvalue weighted by Crippen LogP contribution is 2.29. The SMILES string of the molecule is CC(Cc1ccc(C(F)(F)F)cc1)NC(=O)C[C@@H]1CCC[C@H]1N.Cl. The van der Waals surface area contributed by atoms with E-state index >= 15 is 0 Å². The van der Waals surface area contributed by atoms with E-state index in [-0.39, 0.29) is 36.3 Å². The average Bonchev–Trinajstić information content (AvgIpc) is 2.83. The van der Waals surface area contributed by atoms with Crippen LogP contribution in [0.4, 0.5) is 13.2 Å². The molecule has 1 amide bonds. The van der Waals surface area contributed by atoms with Crippen LogP contribution in [0.15, 0.2) is 24.3 Å². The lowest BCUT2D eigenvalue weighted by Crippen LogP contribution is -2.37. The van der Waals surface area contributed by atoms with Crippen LogP contribution in [-0.4, -0.2) is 18.0 Å². The first kappa shape index (κ1) is 20.8. The van der Waals surface area contributed by atoms with Crippen molar-refractivity contribution in [2.45, 2.75) is 57.3 Å². The Bertz CT molecular complexity index is 534. The van der Waals surface area contributed by atoms with Crippen LogP contribution >= 0.6 is 12.4 Å². The van der Waals surface area contributed by atoms with Crippen molar-refractivity contribution < 1.29 is 18.0 Å². The van der Waals surface area contributed by atoms with Crippen molar-refractivity contribution in [2.75, 3.05) is 0 Å². The summed E-state index contributed by atoms with van der Waals surface area (Å²) >= 11 is 0. The maximum atomic E-state index is 12.5. The summed E-state index contributed by atoms with van der Waals surface area (Å²) in [5.41, 5.74) is 6.07. The predicted molar refractivity (Wildman–Crippen MR) is 89.9 cm³/mol. The third-order valence-electron chi connectivity index (χ3n) is 4.40. The van der Waals surface area contributed by atoms with E-state index in [0.717, 1.165) is 37.0 Å². The lowest BCUT2D eigenvalue weighted by atomic mass is 9.99. The van der Waals surface area contributed by atoms with Crippen LogP contribution in [0, 0.1) is 5.92 Å². The van der Waals surface area contributed by atoms with E-state index < -0.39 is 11.7 Å². The van der Waals surface area contributed by atoms with Crippen LogP contribution in [0.3, 0.4) is 0 Å². The molecule has 0 radical (unpaired) electrons. The fourth-order valence-electron chi connectivity index (χ4n) is 3.13. The molecule has 3 nitrogen and oxygen atoms in total. The highest BCUT2D eigenvalue weighted by atomic mass is 35.5. The van der Waals surface area contributed by atoms with Gasteiger partial charge >= 0.3 is 6.18 Å². The molecule has 0 aliphatic heterocycles. The zero-order chi connectivity index (χ0) is 17.0. The topological polar surface area (TPSA) is 55.1 Å². The third kappa shape index (κ3) is 5.98. The molecule has 2 rings (SSSR count). The molecule has 0 bridgehead atoms. The van der Waals surface area contributed by atoms with Crippen molar-refractivity contribution in [3.05, 3.63) is 35.4 Å². The molecule has 0 heterocycles. The van der Waals surface area contributed by atoms with Crippen LogP contribution in [0.1, 0.15) is 43.7 Å². The van der Waals surface area contributed by atoms with Gasteiger partial charge in [0.25, 0.3) is 0 Å². The standard InChI is InChI=1S/C17H23F3N2O.ClH/c1-11(22-16(23)10-13-3-2-4-15(13)21)9-12-5-7-14(8-6-12)17(18,19)20;/h5-8,11,13,15H,2-4,9-10,21H2,1H3,(H,22,23);1H/t11?,13-,15+;/m0./s1. The Morgan fingerprint density at radius 3 is 2.42 bits per heavy atom. The van der Waals surface area contributed by atoms with E-state index in [1.54, 1.807) is 0 Å². The molecule has 1 aromatic rings. The van der Waals surface area contributed by atoms with E-state index in [1.807, 2.05) is 6.92 Å². The molecular weight excluding hydrogens is 341 g/mol. The molecule has 1 saturated carbocycles. The summed E-state index contributed by atoms with van der Waals surface area (Å²) in [5.74, 6) is 0.208. The minimum Gasteiger partial charge on any atom is -0.353 e. The van der Waals surface area contributed by atoms with Gasteiger partial charge in [0, 0.05) is 18.5 Å². The maximum absolute atomic E-state index is 12.5. The van der Waals surface area contributed by atoms with E-state index in [9.17, 15) is 18.0 Å². The second kappa shape index (κ2) is 8.72. The highest BCUT2D eigenvalue weighted by Gasteiger charge is 2.30. The quantitative estimate of drug-likeness (QED) is 0.837. The van der Waals surface area contributed by atoms with E-state index in [0.29, 0.717) is 12.8 Å². The number of halogens is 4. The fourth-order valence-corrected chi connectivity index (χ4v) is 3.13. The first-order valence-corrected chi connectivity index (χ1v) is 7.97. The number of nitrogens with two attached hydrogens (primary N) is 1. The maximum Gasteiger partial charge on any atom is 0.416 e. The van der Waals surface area contributed by atoms with Gasteiger partial charge in [-0.05, 0) is 49.8 Å². The van der Waals surface area contributed by atoms with E-state index in [2.05, 4.69) is 5.32 Å². The van der Waals surface area contributed by atoms with Gasteiger partial charge in [0.2, 0.25) is 5.91 Å². The number of hydrogen-bond acceptors (Lipinski definition) is 2. The summed E-state index contributed by atoms with van der Waals surface area (Å²) in [6.07, 6.45) is -0.362. The Kier molecular flexibility index (Phi) is 7.55. The van der Waals surface area contributed by atoms with Gasteiger partial charge in [-0.3, -0.25) is 4.79 Å². The number of rotatable bonds is 5. The average molecular weight is 365 g/mol. The molecule has 0 aromatic heterocycles. The van der Waals surface area contributed by atoms with Crippen molar-refractivity contribution >= 4 is 18.3 Å². The Morgan fingerprint density at radius 2 is 1.92 bits per heavy atom. The van der Waals surface area contributed by atoms with Gasteiger partial charge in [-0.2, -0.15) is 13.2 Å². The number of carbonyl (C=O) groups is 1. The zero-order valence-electron chi connectivity index (χ0n) is 13.6. The zero-order valence-corrected chi connectivity index (χ0v) is 14.4. The van der Waals surface area contributed by atoms with Gasteiger partial charge in [0.15, 0.2) is 0 Å². The van der Waals surface area contributed by atoms with Crippen LogP contribution in [-0.2, 0) is 17.4 Å². The molecule has 7 heteroatoms. The Balaban J connectivity index is 0.00000288. The second-order valence-electron chi connectivity index (χ2n) is 6.43. The highest BCUT2D eigenvalue weighted by molar-refractivity contribution is 5.85. The molecule has 0 saturated heterocycles. The second-order valence-corrected chi connectivity index (χ2v) is 6.43. The normalized spacial score (nSPS) is 21.9. The van der Waals surface area contributed by atoms with Gasteiger partial charge in [0.1, 0.15) is 0 Å². The van der Waals surface area contributed by atoms with Crippen molar-refractivity contribution in [2.24, 2.45) is 11.7 Å². The smallest absolute Gasteiger partial charge is 0.353 e. The molecule has 1 aliphatic rings. The Hall–Kier alpha value is -1.27. The van der Waals surface area contributed by atoms with Crippen molar-refractivity contribution in [1.82, 2.24) is 5.32 Å². The summed E-state index contributed by atoms with van der Waals surface area (Å²) in [7, 11) is 0. The van der Waals surface area contributed by atoms with E-state index in [1.165, 1.54) is 12.1 Å². The van der Waals surface area contributed by atoms with Crippen LogP contribution < -0.4 is 11.1 Å². The Morgan fingerprint density at radius 1 is 1.29 bits per heavy atom. The minimum absolute atomic E-state index is 0. The number of alkyl halides is 3. The molecular formula is C17H24ClF3N2O. The Labute approximate surface area is 146 Å². The van der Waals surface area contributed by atoms with Crippen LogP contribution in [0.2, 0.25) is 0 Å². The van der Waals surface area contributed by atoms with Crippen molar-refractivity contribution in [3.8, 4) is 0 Å². The fraction of sp³-hybridized carbons (Fsp3) is 0.588. The number of hydrogen-bond donors (Lipinski definition) is 2. The first-order chi connectivity index (χ1) is 10.8. The van der Waals surface area contributed by atoms with Gasteiger partial charge in [-0.15, -0.1) is 12.4 Å². The molecule has 1 unspecified atom stereocenters. The number of nitrogens with one attached hydrogen (secondary N) is 1. The minimum atomic E-state index is -4.32. The lowest BCUT2D eigenvalue weighted by Gasteiger charge is -2.18. The summed E-state index contributed by atoms with van der Waals surface area (Å²) in [6, 6.07) is 5.03. The predicted octanol–water partition coefficient (Wildman–Crippen LogP) is 3.69. The molecule has 1 aromatic carbocycles. The van der Waals surface area contributed by atoms with Gasteiger partial charge < -0.3 is 11.1 Å². The summed E-state index contributed by atoms with van der Waals surface area (Å²) in [4.78, 5) is 12.0. The molecule has 0 spiro atoms. The summed E-state index contributed by atoms with van der Waals surface area (Å²) in [5, 5.41) is 2.90. The van der Waals surface area contributed by atoms with Gasteiger partial charge in [-0.25, -0.2) is 0 Å². The molecule has 1 fully saturated rings. The van der Waals surface area contributed by atoms with Crippen LogP contribution in [0.25, 0.3) is 0 Å².